The maximum Gasteiger partial charge on any atom is 0.276 e. The van der Waals surface area contributed by atoms with Crippen molar-refractivity contribution in [3.63, 3.8) is 0 Å². The fourth-order valence-electron chi connectivity index (χ4n) is 1.95. The fourth-order valence-corrected chi connectivity index (χ4v) is 1.95. The maximum atomic E-state index is 12.1. The van der Waals surface area contributed by atoms with Gasteiger partial charge in [0.15, 0.2) is 0 Å². The van der Waals surface area contributed by atoms with Crippen LogP contribution in [-0.4, -0.2) is 40.8 Å². The highest BCUT2D eigenvalue weighted by molar-refractivity contribution is 5.94. The van der Waals surface area contributed by atoms with E-state index in [1.54, 1.807) is 25.1 Å². The summed E-state index contributed by atoms with van der Waals surface area (Å²) in [6, 6.07) is 6.15. The van der Waals surface area contributed by atoms with E-state index >= 15 is 0 Å². The molecule has 0 aliphatic carbocycles. The SMILES string of the molecule is CCN(CC(=O)NC(C)C)C(=O)/C=C/c1ccccc1[N+](=O)[O-]. The van der Waals surface area contributed by atoms with Gasteiger partial charge in [-0.1, -0.05) is 12.1 Å². The number of nitro groups is 1. The van der Waals surface area contributed by atoms with Gasteiger partial charge in [0, 0.05) is 24.7 Å². The second-order valence-electron chi connectivity index (χ2n) is 5.22. The van der Waals surface area contributed by atoms with E-state index in [2.05, 4.69) is 5.32 Å². The number of carbonyl (C=O) groups is 2. The molecule has 7 heteroatoms. The molecule has 2 amide bonds. The zero-order valence-corrected chi connectivity index (χ0v) is 13.5. The molecule has 0 aliphatic heterocycles. The molecule has 0 saturated carbocycles. The van der Waals surface area contributed by atoms with Crippen LogP contribution in [0.3, 0.4) is 0 Å². The number of nitrogens with zero attached hydrogens (tertiary/aromatic N) is 2. The summed E-state index contributed by atoms with van der Waals surface area (Å²) in [5, 5.41) is 13.6. The predicted octanol–water partition coefficient (Wildman–Crippen LogP) is 1.98. The predicted molar refractivity (Wildman–Crippen MR) is 87.7 cm³/mol. The lowest BCUT2D eigenvalue weighted by Crippen LogP contribution is -2.42. The zero-order valence-electron chi connectivity index (χ0n) is 13.5. The van der Waals surface area contributed by atoms with E-state index in [1.165, 1.54) is 23.1 Å². The van der Waals surface area contributed by atoms with Crippen LogP contribution in [0, 0.1) is 10.1 Å². The van der Waals surface area contributed by atoms with Gasteiger partial charge in [0.2, 0.25) is 11.8 Å². The summed E-state index contributed by atoms with van der Waals surface area (Å²) in [4.78, 5) is 35.7. The molecular weight excluding hydrogens is 298 g/mol. The third-order valence-corrected chi connectivity index (χ3v) is 3.02. The lowest BCUT2D eigenvalue weighted by molar-refractivity contribution is -0.385. The van der Waals surface area contributed by atoms with Gasteiger partial charge in [-0.3, -0.25) is 19.7 Å². The highest BCUT2D eigenvalue weighted by atomic mass is 16.6. The van der Waals surface area contributed by atoms with E-state index in [0.29, 0.717) is 12.1 Å². The van der Waals surface area contributed by atoms with Gasteiger partial charge in [-0.15, -0.1) is 0 Å². The first-order chi connectivity index (χ1) is 10.8. The number of likely N-dealkylation sites (N-methyl/N-ethyl adjacent to an activating group) is 1. The van der Waals surface area contributed by atoms with Crippen LogP contribution in [0.2, 0.25) is 0 Å². The molecule has 1 aromatic rings. The Balaban J connectivity index is 2.80. The van der Waals surface area contributed by atoms with Crippen LogP contribution in [0.4, 0.5) is 5.69 Å². The average Bonchev–Trinajstić information content (AvgIpc) is 2.49. The summed E-state index contributed by atoms with van der Waals surface area (Å²) in [5.74, 6) is -0.612. The highest BCUT2D eigenvalue weighted by Gasteiger charge is 2.15. The zero-order chi connectivity index (χ0) is 17.4. The summed E-state index contributed by atoms with van der Waals surface area (Å²) in [6.45, 7) is 5.76. The molecule has 0 radical (unpaired) electrons. The minimum Gasteiger partial charge on any atom is -0.352 e. The number of nitrogens with one attached hydrogen (secondary N) is 1. The van der Waals surface area contributed by atoms with Crippen molar-refractivity contribution in [2.75, 3.05) is 13.1 Å². The molecule has 0 aromatic heterocycles. The van der Waals surface area contributed by atoms with Crippen molar-refractivity contribution in [2.24, 2.45) is 0 Å². The quantitative estimate of drug-likeness (QED) is 0.472. The Labute approximate surface area is 135 Å². The van der Waals surface area contributed by atoms with E-state index in [9.17, 15) is 19.7 Å². The Kier molecular flexibility index (Phi) is 6.92. The van der Waals surface area contributed by atoms with E-state index in [0.717, 1.165) is 0 Å². The van der Waals surface area contributed by atoms with Crippen LogP contribution in [0.1, 0.15) is 26.3 Å². The second-order valence-corrected chi connectivity index (χ2v) is 5.22. The number of carbonyl (C=O) groups excluding carboxylic acids is 2. The maximum absolute atomic E-state index is 12.1. The monoisotopic (exact) mass is 319 g/mol. The Hall–Kier alpha value is -2.70. The van der Waals surface area contributed by atoms with Crippen molar-refractivity contribution in [3.05, 3.63) is 46.0 Å². The Morgan fingerprint density at radius 1 is 1.35 bits per heavy atom. The molecule has 1 rings (SSSR count). The van der Waals surface area contributed by atoms with Crippen LogP contribution in [0.5, 0.6) is 0 Å². The molecule has 1 aromatic carbocycles. The van der Waals surface area contributed by atoms with Crippen LogP contribution in [-0.2, 0) is 9.59 Å². The molecule has 0 spiro atoms. The number of hydrogen-bond donors (Lipinski definition) is 1. The van der Waals surface area contributed by atoms with Crippen LogP contribution >= 0.6 is 0 Å². The smallest absolute Gasteiger partial charge is 0.276 e. The van der Waals surface area contributed by atoms with Crippen LogP contribution in [0.25, 0.3) is 6.08 Å². The number of amides is 2. The van der Waals surface area contributed by atoms with Gasteiger partial charge in [-0.2, -0.15) is 0 Å². The normalized spacial score (nSPS) is 10.8. The Bertz CT molecular complexity index is 611. The number of para-hydroxylation sites is 1. The van der Waals surface area contributed by atoms with Gasteiger partial charge in [0.25, 0.3) is 5.69 Å². The van der Waals surface area contributed by atoms with Crippen molar-refractivity contribution in [2.45, 2.75) is 26.8 Å². The summed E-state index contributed by atoms with van der Waals surface area (Å²) in [6.07, 6.45) is 2.64. The van der Waals surface area contributed by atoms with Gasteiger partial charge in [-0.05, 0) is 32.9 Å². The van der Waals surface area contributed by atoms with E-state index < -0.39 is 4.92 Å². The lowest BCUT2D eigenvalue weighted by atomic mass is 10.1. The number of nitro benzene ring substituents is 1. The number of benzene rings is 1. The van der Waals surface area contributed by atoms with E-state index in [1.807, 2.05) is 13.8 Å². The molecule has 7 nitrogen and oxygen atoms in total. The van der Waals surface area contributed by atoms with Crippen molar-refractivity contribution in [1.29, 1.82) is 0 Å². The summed E-state index contributed by atoms with van der Waals surface area (Å²) < 4.78 is 0. The molecule has 124 valence electrons. The first kappa shape index (κ1) is 18.3. The molecule has 1 N–H and O–H groups in total. The first-order valence-electron chi connectivity index (χ1n) is 7.35. The van der Waals surface area contributed by atoms with Crippen molar-refractivity contribution >= 4 is 23.6 Å². The molecule has 23 heavy (non-hydrogen) atoms. The van der Waals surface area contributed by atoms with Crippen molar-refractivity contribution in [1.82, 2.24) is 10.2 Å². The minimum absolute atomic E-state index is 0.00109. The van der Waals surface area contributed by atoms with Crippen molar-refractivity contribution in [3.8, 4) is 0 Å². The third-order valence-electron chi connectivity index (χ3n) is 3.02. The minimum atomic E-state index is -0.502. The van der Waals surface area contributed by atoms with Gasteiger partial charge < -0.3 is 10.2 Å². The van der Waals surface area contributed by atoms with Crippen LogP contribution < -0.4 is 5.32 Å². The molecule has 0 atom stereocenters. The summed E-state index contributed by atoms with van der Waals surface area (Å²) >= 11 is 0. The van der Waals surface area contributed by atoms with E-state index in [4.69, 9.17) is 0 Å². The molecule has 0 fully saturated rings. The third kappa shape index (κ3) is 5.90. The second kappa shape index (κ2) is 8.67. The molecule has 0 bridgehead atoms. The van der Waals surface area contributed by atoms with Gasteiger partial charge >= 0.3 is 0 Å². The first-order valence-corrected chi connectivity index (χ1v) is 7.35. The number of hydrogen-bond acceptors (Lipinski definition) is 4. The highest BCUT2D eigenvalue weighted by Crippen LogP contribution is 2.18. The molecule has 0 heterocycles. The fraction of sp³-hybridized carbons (Fsp3) is 0.375. The largest absolute Gasteiger partial charge is 0.352 e. The molecule has 0 aliphatic rings. The molecular formula is C16H21N3O4. The van der Waals surface area contributed by atoms with Crippen LogP contribution in [0.15, 0.2) is 30.3 Å². The van der Waals surface area contributed by atoms with Crippen molar-refractivity contribution < 1.29 is 14.5 Å². The molecule has 0 saturated heterocycles. The Morgan fingerprint density at radius 2 is 2.00 bits per heavy atom. The molecule has 0 unspecified atom stereocenters. The number of rotatable bonds is 7. The van der Waals surface area contributed by atoms with Gasteiger partial charge in [0.1, 0.15) is 0 Å². The van der Waals surface area contributed by atoms with Gasteiger partial charge in [-0.25, -0.2) is 0 Å². The van der Waals surface area contributed by atoms with Gasteiger partial charge in [0.05, 0.1) is 17.0 Å². The summed E-state index contributed by atoms with van der Waals surface area (Å²) in [5.41, 5.74) is 0.269. The van der Waals surface area contributed by atoms with E-state index in [-0.39, 0.29) is 30.1 Å². The average molecular weight is 319 g/mol. The topological polar surface area (TPSA) is 92.6 Å². The lowest BCUT2D eigenvalue weighted by Gasteiger charge is -2.19. The Morgan fingerprint density at radius 3 is 2.57 bits per heavy atom. The summed E-state index contributed by atoms with van der Waals surface area (Å²) in [7, 11) is 0. The standard InChI is InChI=1S/C16H21N3O4/c1-4-18(11-15(20)17-12(2)3)16(21)10-9-13-7-5-6-8-14(13)19(22)23/h5-10,12H,4,11H2,1-3H3,(H,17,20)/b10-9+.